The summed E-state index contributed by atoms with van der Waals surface area (Å²) >= 11 is 0. The van der Waals surface area contributed by atoms with Crippen LogP contribution in [0.1, 0.15) is 10.5 Å². The Balaban J connectivity index is 1.78. The zero-order valence-corrected chi connectivity index (χ0v) is 10.6. The third-order valence-corrected chi connectivity index (χ3v) is 2.62. The van der Waals surface area contributed by atoms with Crippen molar-refractivity contribution < 1.29 is 9.32 Å². The van der Waals surface area contributed by atoms with E-state index in [1.807, 2.05) is 6.07 Å². The van der Waals surface area contributed by atoms with E-state index in [-0.39, 0.29) is 11.6 Å². The molecular weight excluding hydrogens is 258 g/mol. The van der Waals surface area contributed by atoms with E-state index in [0.29, 0.717) is 17.1 Å². The number of nitrogens with zero attached hydrogens (tertiary/aromatic N) is 4. The van der Waals surface area contributed by atoms with Gasteiger partial charge in [-0.05, 0) is 12.1 Å². The average molecular weight is 269 g/mol. The highest BCUT2D eigenvalue weighted by molar-refractivity contribution is 6.03. The van der Waals surface area contributed by atoms with E-state index in [4.69, 9.17) is 4.52 Å². The minimum atomic E-state index is -0.357. The second kappa shape index (κ2) is 4.96. The van der Waals surface area contributed by atoms with Gasteiger partial charge in [-0.25, -0.2) is 0 Å². The third-order valence-electron chi connectivity index (χ3n) is 2.62. The van der Waals surface area contributed by atoms with Crippen LogP contribution in [0.25, 0.3) is 11.5 Å². The predicted molar refractivity (Wildman–Crippen MR) is 70.9 cm³/mol. The molecule has 0 bridgehead atoms. The van der Waals surface area contributed by atoms with Crippen LogP contribution in [0.3, 0.4) is 0 Å². The highest BCUT2D eigenvalue weighted by Gasteiger charge is 2.14. The quantitative estimate of drug-likeness (QED) is 0.782. The minimum Gasteiger partial charge on any atom is -0.354 e. The molecule has 0 radical (unpaired) electrons. The largest absolute Gasteiger partial charge is 0.354 e. The van der Waals surface area contributed by atoms with Gasteiger partial charge >= 0.3 is 0 Å². The summed E-state index contributed by atoms with van der Waals surface area (Å²) in [5.74, 6) is 0.0888. The lowest BCUT2D eigenvalue weighted by Crippen LogP contribution is -2.11. The van der Waals surface area contributed by atoms with Gasteiger partial charge in [-0.15, -0.1) is 0 Å². The van der Waals surface area contributed by atoms with Gasteiger partial charge in [-0.1, -0.05) is 11.2 Å². The van der Waals surface area contributed by atoms with Crippen molar-refractivity contribution in [3.05, 3.63) is 48.5 Å². The molecule has 0 aliphatic rings. The fourth-order valence-corrected chi connectivity index (χ4v) is 1.69. The molecule has 3 rings (SSSR count). The van der Waals surface area contributed by atoms with Crippen LogP contribution in [-0.4, -0.2) is 25.8 Å². The monoisotopic (exact) mass is 269 g/mol. The molecule has 0 aliphatic heterocycles. The molecule has 7 heteroatoms. The maximum absolute atomic E-state index is 12.0. The Labute approximate surface area is 114 Å². The van der Waals surface area contributed by atoms with Crippen molar-refractivity contribution in [1.82, 2.24) is 19.9 Å². The summed E-state index contributed by atoms with van der Waals surface area (Å²) in [5.41, 5.74) is 1.41. The maximum atomic E-state index is 12.0. The molecule has 3 aromatic rings. The smallest absolute Gasteiger partial charge is 0.277 e. The van der Waals surface area contributed by atoms with Crippen molar-refractivity contribution in [3.8, 4) is 11.5 Å². The summed E-state index contributed by atoms with van der Waals surface area (Å²) in [6.07, 6.45) is 4.89. The second-order valence-corrected chi connectivity index (χ2v) is 4.15. The Kier molecular flexibility index (Phi) is 3.00. The maximum Gasteiger partial charge on any atom is 0.277 e. The summed E-state index contributed by atoms with van der Waals surface area (Å²) in [5, 5.41) is 10.4. The number of hydrogen-bond donors (Lipinski definition) is 1. The van der Waals surface area contributed by atoms with Crippen LogP contribution in [0.2, 0.25) is 0 Å². The summed E-state index contributed by atoms with van der Waals surface area (Å²) in [4.78, 5) is 16.1. The lowest BCUT2D eigenvalue weighted by atomic mass is 10.2. The molecule has 3 aromatic heterocycles. The number of anilines is 1. The lowest BCUT2D eigenvalue weighted by molar-refractivity contribution is 0.101. The van der Waals surface area contributed by atoms with Crippen molar-refractivity contribution in [3.63, 3.8) is 0 Å². The predicted octanol–water partition coefficient (Wildman–Crippen LogP) is 1.72. The molecule has 100 valence electrons. The van der Waals surface area contributed by atoms with E-state index in [2.05, 4.69) is 20.6 Å². The zero-order valence-electron chi connectivity index (χ0n) is 10.6. The Morgan fingerprint density at radius 1 is 1.40 bits per heavy atom. The van der Waals surface area contributed by atoms with E-state index in [0.717, 1.165) is 0 Å². The Morgan fingerprint density at radius 2 is 2.30 bits per heavy atom. The van der Waals surface area contributed by atoms with Gasteiger partial charge in [0.15, 0.2) is 11.5 Å². The highest BCUT2D eigenvalue weighted by atomic mass is 16.5. The van der Waals surface area contributed by atoms with Crippen molar-refractivity contribution in [2.45, 2.75) is 0 Å². The Morgan fingerprint density at radius 3 is 3.00 bits per heavy atom. The topological polar surface area (TPSA) is 85.8 Å². The lowest BCUT2D eigenvalue weighted by Gasteiger charge is -1.96. The van der Waals surface area contributed by atoms with E-state index in [9.17, 15) is 4.79 Å². The number of rotatable bonds is 3. The van der Waals surface area contributed by atoms with E-state index < -0.39 is 0 Å². The third kappa shape index (κ3) is 2.41. The van der Waals surface area contributed by atoms with Crippen molar-refractivity contribution in [1.29, 1.82) is 0 Å². The minimum absolute atomic E-state index is 0.189. The Bertz CT molecular complexity index is 732. The first kappa shape index (κ1) is 12.1. The molecule has 1 N–H and O–H groups in total. The van der Waals surface area contributed by atoms with Crippen LogP contribution in [0, 0.1) is 0 Å². The van der Waals surface area contributed by atoms with Gasteiger partial charge in [-0.3, -0.25) is 14.5 Å². The molecule has 0 saturated heterocycles. The molecule has 7 nitrogen and oxygen atoms in total. The first-order valence-corrected chi connectivity index (χ1v) is 5.90. The van der Waals surface area contributed by atoms with E-state index in [1.165, 1.54) is 0 Å². The number of pyridine rings is 1. The van der Waals surface area contributed by atoms with Crippen LogP contribution in [-0.2, 0) is 7.05 Å². The number of carbonyl (C=O) groups excluding carboxylic acids is 1. The average Bonchev–Trinajstić information content (AvgIpc) is 3.09. The first-order chi connectivity index (χ1) is 9.72. The van der Waals surface area contributed by atoms with Crippen LogP contribution in [0.5, 0.6) is 0 Å². The second-order valence-electron chi connectivity index (χ2n) is 4.15. The van der Waals surface area contributed by atoms with E-state index >= 15 is 0 Å². The number of carbonyl (C=O) groups is 1. The highest BCUT2D eigenvalue weighted by Crippen LogP contribution is 2.18. The number of aromatic nitrogens is 4. The van der Waals surface area contributed by atoms with Gasteiger partial charge in [0.2, 0.25) is 0 Å². The van der Waals surface area contributed by atoms with Crippen molar-refractivity contribution in [2.75, 3.05) is 5.32 Å². The molecule has 0 atom stereocenters. The normalized spacial score (nSPS) is 10.4. The Hall–Kier alpha value is -2.96. The van der Waals surface area contributed by atoms with Gasteiger partial charge in [0.25, 0.3) is 5.91 Å². The van der Waals surface area contributed by atoms with Gasteiger partial charge in [0.05, 0.1) is 11.9 Å². The summed E-state index contributed by atoms with van der Waals surface area (Å²) in [7, 11) is 1.77. The fraction of sp³-hybridized carbons (Fsp3) is 0.0769. The van der Waals surface area contributed by atoms with Gasteiger partial charge in [-0.2, -0.15) is 5.10 Å². The number of amides is 1. The number of hydrogen-bond acceptors (Lipinski definition) is 5. The number of aryl methyl sites for hydroxylation is 1. The van der Waals surface area contributed by atoms with Gasteiger partial charge in [0.1, 0.15) is 5.69 Å². The van der Waals surface area contributed by atoms with Crippen LogP contribution in [0.15, 0.2) is 47.4 Å². The van der Waals surface area contributed by atoms with Crippen LogP contribution < -0.4 is 5.32 Å². The summed E-state index contributed by atoms with van der Waals surface area (Å²) in [6, 6.07) is 6.97. The summed E-state index contributed by atoms with van der Waals surface area (Å²) in [6.45, 7) is 0. The van der Waals surface area contributed by atoms with E-state index in [1.54, 1.807) is 48.5 Å². The van der Waals surface area contributed by atoms with Crippen molar-refractivity contribution >= 4 is 11.6 Å². The van der Waals surface area contributed by atoms with Gasteiger partial charge < -0.3 is 9.84 Å². The molecule has 0 aliphatic carbocycles. The van der Waals surface area contributed by atoms with Crippen LogP contribution >= 0.6 is 0 Å². The standard InChI is InChI=1S/C13H11N5O2/c1-18-8-9(7-15-18)16-13(19)11-6-12(20-17-11)10-4-2-3-5-14-10/h2-8H,1H3,(H,16,19). The van der Waals surface area contributed by atoms with Crippen LogP contribution in [0.4, 0.5) is 5.69 Å². The molecular formula is C13H11N5O2. The molecule has 0 unspecified atom stereocenters. The first-order valence-electron chi connectivity index (χ1n) is 5.90. The molecule has 1 amide bonds. The SMILES string of the molecule is Cn1cc(NC(=O)c2cc(-c3ccccn3)on2)cn1. The molecule has 0 fully saturated rings. The zero-order chi connectivity index (χ0) is 13.9. The molecule has 0 spiro atoms. The van der Waals surface area contributed by atoms with Crippen molar-refractivity contribution in [2.24, 2.45) is 7.05 Å². The molecule has 0 aromatic carbocycles. The summed E-state index contributed by atoms with van der Waals surface area (Å²) < 4.78 is 6.72. The fourth-order valence-electron chi connectivity index (χ4n) is 1.69. The number of nitrogens with one attached hydrogen (secondary N) is 1. The molecule has 0 saturated carbocycles. The molecule has 3 heterocycles. The van der Waals surface area contributed by atoms with Gasteiger partial charge in [0, 0.05) is 25.5 Å². The molecule has 20 heavy (non-hydrogen) atoms.